The monoisotopic (exact) mass is 253 g/mol. The van der Waals surface area contributed by atoms with Crippen molar-refractivity contribution in [3.63, 3.8) is 0 Å². The summed E-state index contributed by atoms with van der Waals surface area (Å²) < 4.78 is 0. The summed E-state index contributed by atoms with van der Waals surface area (Å²) in [7, 11) is 1.67. The number of benzene rings is 1. The molecule has 0 aromatic heterocycles. The van der Waals surface area contributed by atoms with Crippen LogP contribution in [-0.2, 0) is 0 Å². The molecule has 18 heavy (non-hydrogen) atoms. The molecule has 0 aliphatic rings. The predicted octanol–water partition coefficient (Wildman–Crippen LogP) is 0.517. The van der Waals surface area contributed by atoms with Crippen molar-refractivity contribution in [2.45, 2.75) is 26.1 Å². The minimum absolute atomic E-state index is 0.182. The summed E-state index contributed by atoms with van der Waals surface area (Å²) in [5.74, 6) is -0.425. The number of aromatic hydroxyl groups is 1. The van der Waals surface area contributed by atoms with Crippen molar-refractivity contribution in [2.24, 2.45) is 0 Å². The maximum Gasteiger partial charge on any atom is 0.163 e. The van der Waals surface area contributed by atoms with Crippen molar-refractivity contribution in [1.29, 1.82) is 0 Å². The molecule has 0 aliphatic heterocycles. The molecule has 2 atom stereocenters. The van der Waals surface area contributed by atoms with Crippen LogP contribution < -0.4 is 5.32 Å². The van der Waals surface area contributed by atoms with Crippen molar-refractivity contribution in [3.05, 3.63) is 28.8 Å². The van der Waals surface area contributed by atoms with Crippen LogP contribution in [0, 0.1) is 6.92 Å². The molecule has 0 bridgehead atoms. The van der Waals surface area contributed by atoms with Crippen molar-refractivity contribution < 1.29 is 20.1 Å². The zero-order chi connectivity index (χ0) is 13.9. The number of aliphatic hydroxyl groups is 2. The highest BCUT2D eigenvalue weighted by Crippen LogP contribution is 2.28. The maximum absolute atomic E-state index is 11.3. The van der Waals surface area contributed by atoms with Gasteiger partial charge in [-0.05, 0) is 44.2 Å². The highest BCUT2D eigenvalue weighted by molar-refractivity contribution is 5.97. The lowest BCUT2D eigenvalue weighted by molar-refractivity contribution is 0.0197. The number of nitrogens with one attached hydrogen (secondary N) is 1. The van der Waals surface area contributed by atoms with Crippen molar-refractivity contribution in [2.75, 3.05) is 13.6 Å². The molecule has 0 saturated heterocycles. The Morgan fingerprint density at radius 3 is 2.50 bits per heavy atom. The first-order chi connectivity index (χ1) is 8.38. The summed E-state index contributed by atoms with van der Waals surface area (Å²) in [4.78, 5) is 11.3. The van der Waals surface area contributed by atoms with E-state index in [4.69, 9.17) is 0 Å². The number of ketones is 1. The second-order valence-corrected chi connectivity index (χ2v) is 4.35. The minimum atomic E-state index is -1.11. The largest absolute Gasteiger partial charge is 0.507 e. The molecule has 1 rings (SSSR count). The van der Waals surface area contributed by atoms with E-state index < -0.39 is 12.2 Å². The summed E-state index contributed by atoms with van der Waals surface area (Å²) in [6.45, 7) is 3.31. The van der Waals surface area contributed by atoms with E-state index in [1.165, 1.54) is 19.1 Å². The van der Waals surface area contributed by atoms with Crippen LogP contribution in [0.2, 0.25) is 0 Å². The van der Waals surface area contributed by atoms with Crippen molar-refractivity contribution in [3.8, 4) is 5.75 Å². The van der Waals surface area contributed by atoms with Gasteiger partial charge in [-0.15, -0.1) is 0 Å². The van der Waals surface area contributed by atoms with Gasteiger partial charge in [0.1, 0.15) is 11.9 Å². The molecule has 0 fully saturated rings. The predicted molar refractivity (Wildman–Crippen MR) is 67.7 cm³/mol. The highest BCUT2D eigenvalue weighted by atomic mass is 16.3. The van der Waals surface area contributed by atoms with E-state index in [1.807, 2.05) is 0 Å². The number of aryl methyl sites for hydroxylation is 1. The molecule has 1 aromatic carbocycles. The first-order valence-corrected chi connectivity index (χ1v) is 5.73. The Balaban J connectivity index is 3.11. The highest BCUT2D eigenvalue weighted by Gasteiger charge is 2.21. The van der Waals surface area contributed by atoms with Crippen molar-refractivity contribution in [1.82, 2.24) is 5.32 Å². The lowest BCUT2D eigenvalue weighted by atomic mass is 9.95. The standard InChI is InChI=1S/C13H19NO4/c1-7-4-10(8(2)15)11(16)5-9(7)13(18)12(17)6-14-3/h4-5,12-14,16-18H,6H2,1-3H3. The van der Waals surface area contributed by atoms with E-state index in [0.29, 0.717) is 11.1 Å². The van der Waals surface area contributed by atoms with Gasteiger partial charge in [0.25, 0.3) is 0 Å². The summed E-state index contributed by atoms with van der Waals surface area (Å²) in [6, 6.07) is 2.85. The Labute approximate surface area is 106 Å². The molecule has 5 nitrogen and oxygen atoms in total. The number of hydrogen-bond acceptors (Lipinski definition) is 5. The molecular weight excluding hydrogens is 234 g/mol. The van der Waals surface area contributed by atoms with Gasteiger partial charge in [0.15, 0.2) is 5.78 Å². The number of likely N-dealkylation sites (N-methyl/N-ethyl adjacent to an activating group) is 1. The van der Waals surface area contributed by atoms with Gasteiger partial charge in [0.05, 0.1) is 11.7 Å². The number of phenolic OH excluding ortho intramolecular Hbond substituents is 1. The molecular formula is C13H19NO4. The quantitative estimate of drug-likeness (QED) is 0.574. The van der Waals surface area contributed by atoms with Crippen LogP contribution in [-0.4, -0.2) is 40.8 Å². The third kappa shape index (κ3) is 3.07. The Kier molecular flexibility index (Phi) is 4.84. The number of hydrogen-bond donors (Lipinski definition) is 4. The molecule has 0 amide bonds. The average molecular weight is 253 g/mol. The van der Waals surface area contributed by atoms with E-state index in [1.54, 1.807) is 14.0 Å². The molecule has 2 unspecified atom stereocenters. The van der Waals surface area contributed by atoms with Crippen molar-refractivity contribution >= 4 is 5.78 Å². The zero-order valence-corrected chi connectivity index (χ0v) is 10.8. The number of carbonyl (C=O) groups excluding carboxylic acids is 1. The summed E-state index contributed by atoms with van der Waals surface area (Å²) >= 11 is 0. The minimum Gasteiger partial charge on any atom is -0.507 e. The molecule has 1 aromatic rings. The Morgan fingerprint density at radius 2 is 2.00 bits per heavy atom. The molecule has 0 saturated carbocycles. The number of carbonyl (C=O) groups is 1. The first kappa shape index (κ1) is 14.6. The van der Waals surface area contributed by atoms with Gasteiger partial charge in [-0.2, -0.15) is 0 Å². The van der Waals surface area contributed by atoms with E-state index >= 15 is 0 Å². The van der Waals surface area contributed by atoms with E-state index in [-0.39, 0.29) is 23.6 Å². The first-order valence-electron chi connectivity index (χ1n) is 5.73. The maximum atomic E-state index is 11.3. The second kappa shape index (κ2) is 5.95. The van der Waals surface area contributed by atoms with Gasteiger partial charge < -0.3 is 20.6 Å². The topological polar surface area (TPSA) is 89.8 Å². The third-order valence-electron chi connectivity index (χ3n) is 2.86. The van der Waals surface area contributed by atoms with Gasteiger partial charge in [-0.3, -0.25) is 4.79 Å². The Hall–Kier alpha value is -1.43. The summed E-state index contributed by atoms with van der Waals surface area (Å²) in [5.41, 5.74) is 1.28. The summed E-state index contributed by atoms with van der Waals surface area (Å²) in [6.07, 6.45) is -2.08. The van der Waals surface area contributed by atoms with Gasteiger partial charge in [0, 0.05) is 6.54 Å². The van der Waals surface area contributed by atoms with Gasteiger partial charge >= 0.3 is 0 Å². The number of aliphatic hydroxyl groups excluding tert-OH is 2. The fraction of sp³-hybridized carbons (Fsp3) is 0.462. The van der Waals surface area contributed by atoms with Gasteiger partial charge in [-0.25, -0.2) is 0 Å². The molecule has 100 valence electrons. The van der Waals surface area contributed by atoms with E-state index in [9.17, 15) is 20.1 Å². The van der Waals surface area contributed by atoms with Crippen LogP contribution in [0.4, 0.5) is 0 Å². The SMILES string of the molecule is CNCC(O)C(O)c1cc(O)c(C(C)=O)cc1C. The molecule has 4 N–H and O–H groups in total. The van der Waals surface area contributed by atoms with Crippen LogP contribution >= 0.6 is 0 Å². The van der Waals surface area contributed by atoms with Crippen LogP contribution in [0.25, 0.3) is 0 Å². The van der Waals surface area contributed by atoms with E-state index in [2.05, 4.69) is 5.32 Å². The lowest BCUT2D eigenvalue weighted by Gasteiger charge is -2.20. The third-order valence-corrected chi connectivity index (χ3v) is 2.86. The smallest absolute Gasteiger partial charge is 0.163 e. The van der Waals surface area contributed by atoms with Gasteiger partial charge in [0.2, 0.25) is 0 Å². The van der Waals surface area contributed by atoms with Crippen LogP contribution in [0.1, 0.15) is 34.5 Å². The van der Waals surface area contributed by atoms with Gasteiger partial charge in [-0.1, -0.05) is 0 Å². The number of phenols is 1. The molecule has 0 aliphatic carbocycles. The fourth-order valence-electron chi connectivity index (χ4n) is 1.84. The average Bonchev–Trinajstić information content (AvgIpc) is 2.30. The fourth-order valence-corrected chi connectivity index (χ4v) is 1.84. The molecule has 0 radical (unpaired) electrons. The number of Topliss-reactive ketones (excluding diaryl/α,β-unsaturated/α-hetero) is 1. The Morgan fingerprint density at radius 1 is 1.39 bits per heavy atom. The Bertz CT molecular complexity index is 445. The van der Waals surface area contributed by atoms with Crippen LogP contribution in [0.5, 0.6) is 5.75 Å². The van der Waals surface area contributed by atoms with Crippen LogP contribution in [0.3, 0.4) is 0 Å². The molecule has 5 heteroatoms. The molecule has 0 spiro atoms. The molecule has 0 heterocycles. The number of rotatable bonds is 5. The normalized spacial score (nSPS) is 14.3. The summed E-state index contributed by atoms with van der Waals surface area (Å²) in [5, 5.41) is 32.1. The van der Waals surface area contributed by atoms with Crippen LogP contribution in [0.15, 0.2) is 12.1 Å². The second-order valence-electron chi connectivity index (χ2n) is 4.35. The zero-order valence-electron chi connectivity index (χ0n) is 10.8. The lowest BCUT2D eigenvalue weighted by Crippen LogP contribution is -2.30. The van der Waals surface area contributed by atoms with E-state index in [0.717, 1.165) is 0 Å².